The van der Waals surface area contributed by atoms with Crippen LogP contribution >= 0.6 is 0 Å². The topological polar surface area (TPSA) is 33.3 Å². The standard InChI is InChI=1S/C15H26N2O/c1-2-11-9-10(1)13-14(11)15(13)17-7-8-18-12-3-5-16-6-4-12/h10-17H,1-9H2. The smallest absolute Gasteiger partial charge is 0.0600 e. The van der Waals surface area contributed by atoms with Gasteiger partial charge in [0.25, 0.3) is 0 Å². The van der Waals surface area contributed by atoms with Crippen LogP contribution in [0.5, 0.6) is 0 Å². The van der Waals surface area contributed by atoms with Gasteiger partial charge in [-0.1, -0.05) is 0 Å². The molecular formula is C15H26N2O. The van der Waals surface area contributed by atoms with Gasteiger partial charge in [0.2, 0.25) is 0 Å². The molecule has 0 radical (unpaired) electrons. The van der Waals surface area contributed by atoms with Crippen molar-refractivity contribution in [2.45, 2.75) is 44.2 Å². The zero-order valence-electron chi connectivity index (χ0n) is 11.2. The van der Waals surface area contributed by atoms with Crippen molar-refractivity contribution >= 4 is 0 Å². The maximum absolute atomic E-state index is 5.95. The summed E-state index contributed by atoms with van der Waals surface area (Å²) < 4.78 is 5.95. The van der Waals surface area contributed by atoms with Crippen molar-refractivity contribution in [2.24, 2.45) is 23.7 Å². The minimum absolute atomic E-state index is 0.517. The Hall–Kier alpha value is -0.120. The zero-order valence-corrected chi connectivity index (χ0v) is 11.2. The van der Waals surface area contributed by atoms with Crippen LogP contribution in [0, 0.1) is 23.7 Å². The van der Waals surface area contributed by atoms with E-state index in [1.54, 1.807) is 6.42 Å². The highest BCUT2D eigenvalue weighted by Gasteiger charge is 2.64. The first kappa shape index (κ1) is 11.7. The molecular weight excluding hydrogens is 224 g/mol. The van der Waals surface area contributed by atoms with Crippen LogP contribution in [0.15, 0.2) is 0 Å². The van der Waals surface area contributed by atoms with Crippen molar-refractivity contribution in [3.05, 3.63) is 0 Å². The molecule has 0 aromatic rings. The van der Waals surface area contributed by atoms with Crippen LogP contribution in [0.3, 0.4) is 0 Å². The van der Waals surface area contributed by atoms with Gasteiger partial charge in [0.1, 0.15) is 0 Å². The third-order valence-electron chi connectivity index (χ3n) is 5.86. The van der Waals surface area contributed by atoms with E-state index < -0.39 is 0 Å². The lowest BCUT2D eigenvalue weighted by atomic mass is 10.0. The largest absolute Gasteiger partial charge is 0.377 e. The van der Waals surface area contributed by atoms with Gasteiger partial charge in [-0.25, -0.2) is 0 Å². The first-order chi connectivity index (χ1) is 8.93. The molecule has 4 unspecified atom stereocenters. The van der Waals surface area contributed by atoms with E-state index >= 15 is 0 Å². The van der Waals surface area contributed by atoms with Gasteiger partial charge < -0.3 is 15.4 Å². The normalized spacial score (nSPS) is 46.3. The third-order valence-corrected chi connectivity index (χ3v) is 5.86. The molecule has 3 heteroatoms. The van der Waals surface area contributed by atoms with Crippen molar-refractivity contribution in [1.82, 2.24) is 10.6 Å². The molecule has 2 N–H and O–H groups in total. The molecule has 3 nitrogen and oxygen atoms in total. The molecule has 1 aliphatic heterocycles. The van der Waals surface area contributed by atoms with Crippen LogP contribution in [0.25, 0.3) is 0 Å². The van der Waals surface area contributed by atoms with Crippen LogP contribution in [-0.4, -0.2) is 38.4 Å². The molecule has 3 saturated carbocycles. The van der Waals surface area contributed by atoms with E-state index in [0.717, 1.165) is 56.0 Å². The van der Waals surface area contributed by atoms with Crippen LogP contribution in [0.1, 0.15) is 32.1 Å². The average molecular weight is 250 g/mol. The second-order valence-electron chi connectivity index (χ2n) is 6.79. The summed E-state index contributed by atoms with van der Waals surface area (Å²) in [7, 11) is 0. The molecule has 4 rings (SSSR count). The summed E-state index contributed by atoms with van der Waals surface area (Å²) >= 11 is 0. The van der Waals surface area contributed by atoms with Crippen molar-refractivity contribution < 1.29 is 4.74 Å². The monoisotopic (exact) mass is 250 g/mol. The minimum Gasteiger partial charge on any atom is -0.377 e. The summed E-state index contributed by atoms with van der Waals surface area (Å²) in [5.74, 6) is 4.29. The maximum atomic E-state index is 5.95. The van der Waals surface area contributed by atoms with Gasteiger partial charge in [-0.15, -0.1) is 0 Å². The van der Waals surface area contributed by atoms with E-state index in [1.165, 1.54) is 25.7 Å². The van der Waals surface area contributed by atoms with Gasteiger partial charge in [-0.3, -0.25) is 0 Å². The van der Waals surface area contributed by atoms with E-state index in [-0.39, 0.29) is 0 Å². The van der Waals surface area contributed by atoms with Gasteiger partial charge in [0, 0.05) is 12.6 Å². The highest BCUT2D eigenvalue weighted by Crippen LogP contribution is 2.65. The van der Waals surface area contributed by atoms with Crippen molar-refractivity contribution in [1.29, 1.82) is 0 Å². The quantitative estimate of drug-likeness (QED) is 0.724. The number of piperidine rings is 1. The van der Waals surface area contributed by atoms with Crippen LogP contribution in [0.4, 0.5) is 0 Å². The Morgan fingerprint density at radius 1 is 1.00 bits per heavy atom. The molecule has 1 saturated heterocycles. The molecule has 3 aliphatic carbocycles. The summed E-state index contributed by atoms with van der Waals surface area (Å²) in [4.78, 5) is 0. The second kappa shape index (κ2) is 4.77. The van der Waals surface area contributed by atoms with Gasteiger partial charge in [0.05, 0.1) is 12.7 Å². The van der Waals surface area contributed by atoms with Crippen molar-refractivity contribution in [2.75, 3.05) is 26.2 Å². The SMILES string of the molecule is C1CC(OCCNC2C3C4CCC(C4)C23)CCN1. The van der Waals surface area contributed by atoms with E-state index in [4.69, 9.17) is 4.74 Å². The van der Waals surface area contributed by atoms with Crippen molar-refractivity contribution in [3.63, 3.8) is 0 Å². The fraction of sp³-hybridized carbons (Fsp3) is 1.00. The predicted octanol–water partition coefficient (Wildman–Crippen LogP) is 1.39. The summed E-state index contributed by atoms with van der Waals surface area (Å²) in [5, 5.41) is 7.14. The predicted molar refractivity (Wildman–Crippen MR) is 71.4 cm³/mol. The average Bonchev–Trinajstić information content (AvgIpc) is 2.81. The van der Waals surface area contributed by atoms with E-state index in [9.17, 15) is 0 Å². The first-order valence-electron chi connectivity index (χ1n) is 7.99. The fourth-order valence-corrected chi connectivity index (χ4v) is 5.01. The van der Waals surface area contributed by atoms with Gasteiger partial charge >= 0.3 is 0 Å². The Bertz CT molecular complexity index is 287. The number of nitrogens with one attached hydrogen (secondary N) is 2. The lowest BCUT2D eigenvalue weighted by molar-refractivity contribution is 0.0343. The van der Waals surface area contributed by atoms with Gasteiger partial charge in [0.15, 0.2) is 0 Å². The number of rotatable bonds is 5. The Kier molecular flexibility index (Phi) is 3.10. The highest BCUT2D eigenvalue weighted by molar-refractivity contribution is 5.16. The van der Waals surface area contributed by atoms with Crippen LogP contribution in [-0.2, 0) is 4.74 Å². The molecule has 2 bridgehead atoms. The Labute approximate surface area is 110 Å². The minimum atomic E-state index is 0.517. The maximum Gasteiger partial charge on any atom is 0.0600 e. The molecule has 102 valence electrons. The Balaban J connectivity index is 1.14. The summed E-state index contributed by atoms with van der Waals surface area (Å²) in [5.41, 5.74) is 0. The molecule has 4 aliphatic rings. The third kappa shape index (κ3) is 2.00. The number of ether oxygens (including phenoxy) is 1. The van der Waals surface area contributed by atoms with Gasteiger partial charge in [-0.05, 0) is 68.9 Å². The summed E-state index contributed by atoms with van der Waals surface area (Å²) in [6, 6.07) is 0.868. The molecule has 1 heterocycles. The van der Waals surface area contributed by atoms with Crippen LogP contribution < -0.4 is 10.6 Å². The number of fused-ring (bicyclic) bond motifs is 5. The molecule has 0 aromatic carbocycles. The molecule has 0 spiro atoms. The van der Waals surface area contributed by atoms with E-state index in [0.29, 0.717) is 6.10 Å². The summed E-state index contributed by atoms with van der Waals surface area (Å²) in [6.45, 7) is 4.25. The van der Waals surface area contributed by atoms with Crippen LogP contribution in [0.2, 0.25) is 0 Å². The Morgan fingerprint density at radius 3 is 2.44 bits per heavy atom. The van der Waals surface area contributed by atoms with Gasteiger partial charge in [-0.2, -0.15) is 0 Å². The van der Waals surface area contributed by atoms with E-state index in [1.807, 2.05) is 0 Å². The highest BCUT2D eigenvalue weighted by atomic mass is 16.5. The summed E-state index contributed by atoms with van der Waals surface area (Å²) in [6.07, 6.45) is 7.50. The molecule has 0 amide bonds. The van der Waals surface area contributed by atoms with Crippen molar-refractivity contribution in [3.8, 4) is 0 Å². The second-order valence-corrected chi connectivity index (χ2v) is 6.79. The van der Waals surface area contributed by atoms with E-state index in [2.05, 4.69) is 10.6 Å². The number of hydrogen-bond acceptors (Lipinski definition) is 3. The molecule has 4 atom stereocenters. The number of hydrogen-bond donors (Lipinski definition) is 2. The fourth-order valence-electron chi connectivity index (χ4n) is 5.01. The lowest BCUT2D eigenvalue weighted by Crippen LogP contribution is -2.34. The molecule has 0 aromatic heterocycles. The molecule has 4 fully saturated rings. The first-order valence-corrected chi connectivity index (χ1v) is 7.99. The zero-order chi connectivity index (χ0) is 11.9. The lowest BCUT2D eigenvalue weighted by Gasteiger charge is -2.23. The Morgan fingerprint density at radius 2 is 1.72 bits per heavy atom. The molecule has 18 heavy (non-hydrogen) atoms.